The molecular weight excluding hydrogens is 497 g/mol. The number of carbonyl (C=O) groups excluding carboxylic acids is 1. The average Bonchev–Trinajstić information content (AvgIpc) is 2.94. The summed E-state index contributed by atoms with van der Waals surface area (Å²) in [6, 6.07) is 15.4. The van der Waals surface area contributed by atoms with E-state index < -0.39 is 5.82 Å². The molecule has 1 amide bonds. The monoisotopic (exact) mass is 529 g/mol. The Morgan fingerprint density at radius 2 is 1.87 bits per heavy atom. The summed E-state index contributed by atoms with van der Waals surface area (Å²) in [5, 5.41) is 6.47. The number of piperidine rings is 1. The third kappa shape index (κ3) is 6.09. The molecule has 1 fully saturated rings. The molecule has 0 saturated carbocycles. The zero-order valence-corrected chi connectivity index (χ0v) is 22.3. The molecule has 0 radical (unpaired) electrons. The molecule has 1 aliphatic heterocycles. The van der Waals surface area contributed by atoms with E-state index in [1.54, 1.807) is 37.4 Å². The minimum Gasteiger partial charge on any atom is -0.493 e. The van der Waals surface area contributed by atoms with E-state index in [1.165, 1.54) is 12.4 Å². The van der Waals surface area contributed by atoms with Crippen LogP contribution in [0.15, 0.2) is 60.9 Å². The van der Waals surface area contributed by atoms with Gasteiger partial charge in [-0.15, -0.1) is 0 Å². The predicted octanol–water partition coefficient (Wildman–Crippen LogP) is 5.80. The number of likely N-dealkylation sites (tertiary alicyclic amines) is 1. The van der Waals surface area contributed by atoms with E-state index in [-0.39, 0.29) is 11.6 Å². The molecule has 9 heteroatoms. The Kier molecular flexibility index (Phi) is 7.88. The van der Waals surface area contributed by atoms with Crippen LogP contribution in [0.5, 0.6) is 11.5 Å². The molecule has 0 bridgehead atoms. The number of aromatic nitrogens is 2. The van der Waals surface area contributed by atoms with Gasteiger partial charge in [0.1, 0.15) is 18.0 Å². The van der Waals surface area contributed by atoms with Crippen molar-refractivity contribution in [3.8, 4) is 11.5 Å². The summed E-state index contributed by atoms with van der Waals surface area (Å²) in [5.41, 5.74) is 2.60. The number of aryl methyl sites for hydroxylation is 1. The first-order chi connectivity index (χ1) is 18.9. The molecule has 1 aliphatic rings. The van der Waals surface area contributed by atoms with Crippen LogP contribution < -0.4 is 20.1 Å². The number of carbonyl (C=O) groups is 1. The largest absolute Gasteiger partial charge is 0.493 e. The second kappa shape index (κ2) is 11.7. The highest BCUT2D eigenvalue weighted by molar-refractivity contribution is 6.05. The zero-order chi connectivity index (χ0) is 27.4. The Morgan fingerprint density at radius 3 is 2.62 bits per heavy atom. The molecule has 202 valence electrons. The summed E-state index contributed by atoms with van der Waals surface area (Å²) >= 11 is 0. The third-order valence-corrected chi connectivity index (χ3v) is 7.10. The van der Waals surface area contributed by atoms with Gasteiger partial charge in [0.2, 0.25) is 0 Å². The molecule has 0 aliphatic carbocycles. The molecule has 3 aromatic carbocycles. The summed E-state index contributed by atoms with van der Waals surface area (Å²) in [4.78, 5) is 23.7. The number of amides is 1. The smallest absolute Gasteiger partial charge is 0.255 e. The first-order valence-electron chi connectivity index (χ1n) is 13.0. The van der Waals surface area contributed by atoms with Crippen LogP contribution in [-0.2, 0) is 0 Å². The van der Waals surface area contributed by atoms with Crippen molar-refractivity contribution in [1.82, 2.24) is 14.9 Å². The normalized spacial score (nSPS) is 14.3. The predicted molar refractivity (Wildman–Crippen MR) is 151 cm³/mol. The standard InChI is InChI=1S/C30H32FN5O3/c1-19-6-4-5-7-22(19)30(37)34-21-8-9-25(24(31)14-21)35-29-23-15-27(38-3)28(16-26(23)32-18-33-29)39-17-20-10-12-36(2)13-11-20/h4-9,14-16,18,20H,10-13,17H2,1-3H3,(H,34,37)(H,32,33,35). The number of methoxy groups -OCH3 is 1. The van der Waals surface area contributed by atoms with Gasteiger partial charge in [0, 0.05) is 22.7 Å². The van der Waals surface area contributed by atoms with Gasteiger partial charge in [0.25, 0.3) is 5.91 Å². The summed E-state index contributed by atoms with van der Waals surface area (Å²) in [5.74, 6) is 1.27. The molecule has 0 spiro atoms. The van der Waals surface area contributed by atoms with E-state index in [4.69, 9.17) is 9.47 Å². The third-order valence-electron chi connectivity index (χ3n) is 7.10. The Bertz CT molecular complexity index is 1490. The van der Waals surface area contributed by atoms with Crippen molar-refractivity contribution >= 4 is 34.0 Å². The van der Waals surface area contributed by atoms with E-state index in [1.807, 2.05) is 25.1 Å². The number of ether oxygens (including phenoxy) is 2. The molecule has 4 aromatic rings. The highest BCUT2D eigenvalue weighted by Crippen LogP contribution is 2.36. The van der Waals surface area contributed by atoms with Crippen molar-refractivity contribution in [2.24, 2.45) is 5.92 Å². The fourth-order valence-corrected chi connectivity index (χ4v) is 4.72. The number of rotatable bonds is 8. The maximum Gasteiger partial charge on any atom is 0.255 e. The van der Waals surface area contributed by atoms with Gasteiger partial charge in [-0.2, -0.15) is 0 Å². The summed E-state index contributed by atoms with van der Waals surface area (Å²) in [7, 11) is 3.73. The second-order valence-electron chi connectivity index (χ2n) is 9.89. The van der Waals surface area contributed by atoms with Crippen molar-refractivity contribution in [2.75, 3.05) is 44.5 Å². The molecule has 0 atom stereocenters. The van der Waals surface area contributed by atoms with Crippen molar-refractivity contribution in [2.45, 2.75) is 19.8 Å². The molecular formula is C30H32FN5O3. The van der Waals surface area contributed by atoms with Gasteiger partial charge in [0.05, 0.1) is 24.9 Å². The Morgan fingerprint density at radius 1 is 1.08 bits per heavy atom. The fraction of sp³-hybridized carbons (Fsp3) is 0.300. The second-order valence-corrected chi connectivity index (χ2v) is 9.89. The van der Waals surface area contributed by atoms with Crippen molar-refractivity contribution in [3.63, 3.8) is 0 Å². The lowest BCUT2D eigenvalue weighted by atomic mass is 9.98. The number of fused-ring (bicyclic) bond motifs is 1. The van der Waals surface area contributed by atoms with Gasteiger partial charge in [-0.05, 0) is 81.7 Å². The Hall–Kier alpha value is -4.24. The fourth-order valence-electron chi connectivity index (χ4n) is 4.72. The maximum absolute atomic E-state index is 15.1. The highest BCUT2D eigenvalue weighted by atomic mass is 19.1. The van der Waals surface area contributed by atoms with E-state index in [9.17, 15) is 4.79 Å². The lowest BCUT2D eigenvalue weighted by Crippen LogP contribution is -2.32. The van der Waals surface area contributed by atoms with Gasteiger partial charge >= 0.3 is 0 Å². The first kappa shape index (κ1) is 26.4. The van der Waals surface area contributed by atoms with Gasteiger partial charge in [-0.3, -0.25) is 4.79 Å². The molecule has 2 N–H and O–H groups in total. The van der Waals surface area contributed by atoms with Crippen LogP contribution in [0.2, 0.25) is 0 Å². The SMILES string of the molecule is COc1cc2c(Nc3ccc(NC(=O)c4ccccc4C)cc3F)ncnc2cc1OCC1CCN(C)CC1. The van der Waals surface area contributed by atoms with Crippen molar-refractivity contribution < 1.29 is 18.7 Å². The maximum atomic E-state index is 15.1. The van der Waals surface area contributed by atoms with Gasteiger partial charge in [0.15, 0.2) is 11.5 Å². The topological polar surface area (TPSA) is 88.6 Å². The molecule has 0 unspecified atom stereocenters. The minimum absolute atomic E-state index is 0.213. The van der Waals surface area contributed by atoms with E-state index in [2.05, 4.69) is 32.5 Å². The highest BCUT2D eigenvalue weighted by Gasteiger charge is 2.19. The van der Waals surface area contributed by atoms with Crippen LogP contribution in [-0.4, -0.2) is 54.6 Å². The number of hydrogen-bond acceptors (Lipinski definition) is 7. The molecule has 1 aromatic heterocycles. The van der Waals surface area contributed by atoms with Crippen molar-refractivity contribution in [1.29, 1.82) is 0 Å². The van der Waals surface area contributed by atoms with Crippen molar-refractivity contribution in [3.05, 3.63) is 77.9 Å². The van der Waals surface area contributed by atoms with Crippen LogP contribution >= 0.6 is 0 Å². The first-order valence-corrected chi connectivity index (χ1v) is 13.0. The molecule has 39 heavy (non-hydrogen) atoms. The van der Waals surface area contributed by atoms with Gasteiger partial charge < -0.3 is 25.0 Å². The van der Waals surface area contributed by atoms with E-state index in [0.29, 0.717) is 52.0 Å². The van der Waals surface area contributed by atoms with Crippen LogP contribution in [0.25, 0.3) is 10.9 Å². The summed E-state index contributed by atoms with van der Waals surface area (Å²) in [6.45, 7) is 4.61. The van der Waals surface area contributed by atoms with E-state index >= 15 is 4.39 Å². The quantitative estimate of drug-likeness (QED) is 0.298. The van der Waals surface area contributed by atoms with Gasteiger partial charge in [-0.25, -0.2) is 14.4 Å². The van der Waals surface area contributed by atoms with Crippen LogP contribution in [0.4, 0.5) is 21.6 Å². The Balaban J connectivity index is 1.32. The molecule has 1 saturated heterocycles. The summed E-state index contributed by atoms with van der Waals surface area (Å²) < 4.78 is 26.8. The average molecular weight is 530 g/mol. The number of halogens is 1. The van der Waals surface area contributed by atoms with Crippen LogP contribution in [0.1, 0.15) is 28.8 Å². The summed E-state index contributed by atoms with van der Waals surface area (Å²) in [6.07, 6.45) is 3.62. The number of nitrogens with zero attached hydrogens (tertiary/aromatic N) is 3. The molecule has 5 rings (SSSR count). The lowest BCUT2D eigenvalue weighted by molar-refractivity contribution is 0.102. The number of benzene rings is 3. The van der Waals surface area contributed by atoms with Crippen LogP contribution in [0, 0.1) is 18.7 Å². The molecule has 2 heterocycles. The number of hydrogen-bond donors (Lipinski definition) is 2. The molecule has 8 nitrogen and oxygen atoms in total. The minimum atomic E-state index is -0.533. The zero-order valence-electron chi connectivity index (χ0n) is 22.3. The number of anilines is 3. The van der Waals surface area contributed by atoms with Crippen LogP contribution in [0.3, 0.4) is 0 Å². The lowest BCUT2D eigenvalue weighted by Gasteiger charge is -2.28. The van der Waals surface area contributed by atoms with Gasteiger partial charge in [-0.1, -0.05) is 18.2 Å². The Labute approximate surface area is 227 Å². The van der Waals surface area contributed by atoms with E-state index in [0.717, 1.165) is 31.5 Å². The number of nitrogens with one attached hydrogen (secondary N) is 2.